The van der Waals surface area contributed by atoms with Gasteiger partial charge in [0.2, 0.25) is 0 Å². The van der Waals surface area contributed by atoms with Crippen LogP contribution in [-0.2, 0) is 0 Å². The van der Waals surface area contributed by atoms with Crippen molar-refractivity contribution in [3.8, 4) is 5.75 Å². The van der Waals surface area contributed by atoms with Crippen LogP contribution in [0.2, 0.25) is 0 Å². The van der Waals surface area contributed by atoms with Gasteiger partial charge in [0.25, 0.3) is 5.91 Å². The van der Waals surface area contributed by atoms with Crippen molar-refractivity contribution in [2.45, 2.75) is 19.9 Å². The molecule has 0 saturated heterocycles. The van der Waals surface area contributed by atoms with Gasteiger partial charge in [-0.2, -0.15) is 0 Å². The van der Waals surface area contributed by atoms with Crippen LogP contribution in [0.15, 0.2) is 22.7 Å². The molecule has 0 aliphatic rings. The third-order valence-corrected chi connectivity index (χ3v) is 2.53. The molecular weight excluding hydrogens is 258 g/mol. The molecule has 0 unspecified atom stereocenters. The summed E-state index contributed by atoms with van der Waals surface area (Å²) in [6.45, 7) is 3.85. The van der Waals surface area contributed by atoms with Crippen LogP contribution < -0.4 is 10.1 Å². The highest BCUT2D eigenvalue weighted by molar-refractivity contribution is 9.10. The molecule has 4 heteroatoms. The van der Waals surface area contributed by atoms with Gasteiger partial charge in [-0.05, 0) is 48.0 Å². The van der Waals surface area contributed by atoms with E-state index >= 15 is 0 Å². The Bertz CT molecular complexity index is 364. The molecular formula is C11H14BrNO2. The van der Waals surface area contributed by atoms with Crippen LogP contribution >= 0.6 is 15.9 Å². The van der Waals surface area contributed by atoms with Crippen molar-refractivity contribution >= 4 is 21.8 Å². The van der Waals surface area contributed by atoms with E-state index in [9.17, 15) is 4.79 Å². The van der Waals surface area contributed by atoms with E-state index in [2.05, 4.69) is 21.2 Å². The Balaban J connectivity index is 2.96. The van der Waals surface area contributed by atoms with E-state index in [1.54, 1.807) is 25.3 Å². The van der Waals surface area contributed by atoms with Crippen LogP contribution in [-0.4, -0.2) is 19.1 Å². The Morgan fingerprint density at radius 2 is 2.13 bits per heavy atom. The highest BCUT2D eigenvalue weighted by atomic mass is 79.9. The fraction of sp³-hybridized carbons (Fsp3) is 0.364. The maximum absolute atomic E-state index is 11.7. The number of ether oxygens (including phenoxy) is 1. The second kappa shape index (κ2) is 5.16. The van der Waals surface area contributed by atoms with E-state index in [4.69, 9.17) is 4.74 Å². The van der Waals surface area contributed by atoms with Gasteiger partial charge in [-0.15, -0.1) is 0 Å². The topological polar surface area (TPSA) is 38.3 Å². The van der Waals surface area contributed by atoms with Crippen molar-refractivity contribution in [2.24, 2.45) is 0 Å². The summed E-state index contributed by atoms with van der Waals surface area (Å²) in [6, 6.07) is 5.43. The van der Waals surface area contributed by atoms with Crippen LogP contribution in [0.5, 0.6) is 5.75 Å². The Kier molecular flexibility index (Phi) is 4.15. The maximum Gasteiger partial charge on any atom is 0.252 e. The van der Waals surface area contributed by atoms with Crippen molar-refractivity contribution in [3.05, 3.63) is 28.2 Å². The molecule has 0 heterocycles. The summed E-state index contributed by atoms with van der Waals surface area (Å²) in [5.41, 5.74) is 0.586. The molecule has 0 atom stereocenters. The molecule has 3 nitrogen and oxygen atoms in total. The number of carbonyl (C=O) groups excluding carboxylic acids is 1. The smallest absolute Gasteiger partial charge is 0.252 e. The number of nitrogens with one attached hydrogen (secondary N) is 1. The minimum absolute atomic E-state index is 0.101. The highest BCUT2D eigenvalue weighted by Crippen LogP contribution is 2.22. The summed E-state index contributed by atoms with van der Waals surface area (Å²) in [6.07, 6.45) is 0. The quantitative estimate of drug-likeness (QED) is 0.918. The Labute approximate surface area is 97.9 Å². The lowest BCUT2D eigenvalue weighted by Gasteiger charge is -2.10. The molecule has 1 amide bonds. The molecule has 1 N–H and O–H groups in total. The molecule has 0 aliphatic heterocycles. The number of carbonyl (C=O) groups is 1. The first kappa shape index (κ1) is 12.0. The van der Waals surface area contributed by atoms with Crippen LogP contribution in [0, 0.1) is 0 Å². The van der Waals surface area contributed by atoms with Crippen molar-refractivity contribution in [2.75, 3.05) is 7.11 Å². The molecule has 0 radical (unpaired) electrons. The molecule has 0 aromatic heterocycles. The average molecular weight is 272 g/mol. The molecule has 0 aliphatic carbocycles. The third kappa shape index (κ3) is 3.23. The second-order valence-corrected chi connectivity index (χ2v) is 4.33. The zero-order valence-electron chi connectivity index (χ0n) is 9.00. The number of methoxy groups -OCH3 is 1. The van der Waals surface area contributed by atoms with Gasteiger partial charge in [-0.25, -0.2) is 0 Å². The average Bonchev–Trinajstić information content (AvgIpc) is 2.17. The predicted octanol–water partition coefficient (Wildman–Crippen LogP) is 2.60. The number of rotatable bonds is 3. The number of hydrogen-bond donors (Lipinski definition) is 1. The van der Waals surface area contributed by atoms with Crippen LogP contribution in [0.3, 0.4) is 0 Å². The minimum Gasteiger partial charge on any atom is -0.497 e. The van der Waals surface area contributed by atoms with Gasteiger partial charge in [0, 0.05) is 10.5 Å². The van der Waals surface area contributed by atoms with Crippen molar-refractivity contribution in [1.29, 1.82) is 0 Å². The second-order valence-electron chi connectivity index (χ2n) is 3.47. The first-order chi connectivity index (χ1) is 7.04. The van der Waals surface area contributed by atoms with E-state index in [0.717, 1.165) is 4.47 Å². The van der Waals surface area contributed by atoms with Crippen molar-refractivity contribution in [3.63, 3.8) is 0 Å². The summed E-state index contributed by atoms with van der Waals surface area (Å²) in [5.74, 6) is 0.572. The van der Waals surface area contributed by atoms with Crippen molar-refractivity contribution in [1.82, 2.24) is 5.32 Å². The van der Waals surface area contributed by atoms with E-state index in [-0.39, 0.29) is 11.9 Å². The fourth-order valence-corrected chi connectivity index (χ4v) is 1.57. The number of hydrogen-bond acceptors (Lipinski definition) is 2. The Morgan fingerprint density at radius 3 is 2.67 bits per heavy atom. The number of amides is 1. The zero-order valence-corrected chi connectivity index (χ0v) is 10.6. The summed E-state index contributed by atoms with van der Waals surface area (Å²) < 4.78 is 5.83. The van der Waals surface area contributed by atoms with Gasteiger partial charge in [0.1, 0.15) is 5.75 Å². The highest BCUT2D eigenvalue weighted by Gasteiger charge is 2.11. The first-order valence-electron chi connectivity index (χ1n) is 4.69. The standard InChI is InChI=1S/C11H14BrNO2/c1-7(2)13-11(14)9-6-8(15-3)4-5-10(9)12/h4-7H,1-3H3,(H,13,14). The lowest BCUT2D eigenvalue weighted by atomic mass is 10.2. The molecule has 15 heavy (non-hydrogen) atoms. The largest absolute Gasteiger partial charge is 0.497 e. The molecule has 0 fully saturated rings. The van der Waals surface area contributed by atoms with E-state index in [1.807, 2.05) is 13.8 Å². The van der Waals surface area contributed by atoms with Gasteiger partial charge in [0.05, 0.1) is 12.7 Å². The molecule has 0 saturated carbocycles. The molecule has 1 rings (SSSR count). The molecule has 0 bridgehead atoms. The van der Waals surface area contributed by atoms with E-state index < -0.39 is 0 Å². The lowest BCUT2D eigenvalue weighted by Crippen LogP contribution is -2.30. The summed E-state index contributed by atoms with van der Waals surface area (Å²) >= 11 is 3.33. The van der Waals surface area contributed by atoms with Crippen LogP contribution in [0.25, 0.3) is 0 Å². The molecule has 1 aromatic rings. The van der Waals surface area contributed by atoms with Gasteiger partial charge in [0.15, 0.2) is 0 Å². The van der Waals surface area contributed by atoms with Gasteiger partial charge in [-0.1, -0.05) is 0 Å². The predicted molar refractivity (Wildman–Crippen MR) is 63.3 cm³/mol. The molecule has 0 spiro atoms. The SMILES string of the molecule is COc1ccc(Br)c(C(=O)NC(C)C)c1. The van der Waals surface area contributed by atoms with Crippen LogP contribution in [0.1, 0.15) is 24.2 Å². The lowest BCUT2D eigenvalue weighted by molar-refractivity contribution is 0.0942. The van der Waals surface area contributed by atoms with Gasteiger partial charge in [-0.3, -0.25) is 4.79 Å². The zero-order chi connectivity index (χ0) is 11.4. The van der Waals surface area contributed by atoms with Crippen LogP contribution in [0.4, 0.5) is 0 Å². The first-order valence-corrected chi connectivity index (χ1v) is 5.48. The minimum atomic E-state index is -0.101. The van der Waals surface area contributed by atoms with Crippen molar-refractivity contribution < 1.29 is 9.53 Å². The fourth-order valence-electron chi connectivity index (χ4n) is 1.15. The Morgan fingerprint density at radius 1 is 1.47 bits per heavy atom. The Hall–Kier alpha value is -1.03. The molecule has 1 aromatic carbocycles. The molecule has 82 valence electrons. The number of halogens is 1. The normalized spacial score (nSPS) is 10.2. The van der Waals surface area contributed by atoms with Gasteiger partial charge >= 0.3 is 0 Å². The summed E-state index contributed by atoms with van der Waals surface area (Å²) in [4.78, 5) is 11.7. The van der Waals surface area contributed by atoms with Gasteiger partial charge < -0.3 is 10.1 Å². The maximum atomic E-state index is 11.7. The van der Waals surface area contributed by atoms with E-state index in [1.165, 1.54) is 0 Å². The van der Waals surface area contributed by atoms with E-state index in [0.29, 0.717) is 11.3 Å². The summed E-state index contributed by atoms with van der Waals surface area (Å²) in [5, 5.41) is 2.83. The summed E-state index contributed by atoms with van der Waals surface area (Å²) in [7, 11) is 1.58. The third-order valence-electron chi connectivity index (χ3n) is 1.84. The monoisotopic (exact) mass is 271 g/mol. The number of benzene rings is 1.